The van der Waals surface area contributed by atoms with Crippen LogP contribution in [0.2, 0.25) is 39.3 Å². The maximum Gasteiger partial charge on any atom is 0.697 e. The molecule has 13 heteroatoms. The molecule has 30 heavy (non-hydrogen) atoms. The minimum absolute atomic E-state index is 0.187. The summed E-state index contributed by atoms with van der Waals surface area (Å²) >= 11 is 0. The van der Waals surface area contributed by atoms with Gasteiger partial charge >= 0.3 is 8.25 Å². The lowest BCUT2D eigenvalue weighted by molar-refractivity contribution is -0.0769. The van der Waals surface area contributed by atoms with Crippen molar-refractivity contribution in [3.05, 3.63) is 6.33 Å². The molecule has 10 nitrogen and oxygen atoms in total. The number of nitrogen functional groups attached to an aromatic ring is 1. The molecular formula is C17H32N6O4PSi2+. The van der Waals surface area contributed by atoms with E-state index in [4.69, 9.17) is 15.0 Å². The van der Waals surface area contributed by atoms with E-state index in [1.54, 1.807) is 6.33 Å². The molecule has 0 amide bonds. The van der Waals surface area contributed by atoms with Gasteiger partial charge in [0.1, 0.15) is 16.1 Å². The van der Waals surface area contributed by atoms with Crippen LogP contribution in [0, 0.1) is 0 Å². The van der Waals surface area contributed by atoms with Crippen molar-refractivity contribution in [2.45, 2.75) is 69.7 Å². The molecule has 2 heterocycles. The van der Waals surface area contributed by atoms with Crippen molar-refractivity contribution >= 4 is 47.3 Å². The third-order valence-corrected chi connectivity index (χ3v) is 14.9. The monoisotopic (exact) mass is 471 g/mol. The van der Waals surface area contributed by atoms with Crippen LogP contribution in [0.1, 0.15) is 12.8 Å². The minimum Gasteiger partial charge on any atom is -0.368 e. The van der Waals surface area contributed by atoms with Crippen LogP contribution in [0.5, 0.6) is 0 Å². The molecule has 2 aromatic heterocycles. The first kappa shape index (κ1) is 23.2. The van der Waals surface area contributed by atoms with Gasteiger partial charge in [-0.05, 0) is 12.8 Å². The molecule has 1 unspecified atom stereocenters. The van der Waals surface area contributed by atoms with Crippen LogP contribution in [0.4, 0.5) is 11.8 Å². The fourth-order valence-electron chi connectivity index (χ4n) is 3.90. The molecular weight excluding hydrogens is 439 g/mol. The van der Waals surface area contributed by atoms with E-state index in [0.29, 0.717) is 36.2 Å². The maximum atomic E-state index is 11.7. The summed E-state index contributed by atoms with van der Waals surface area (Å²) in [6, 6.07) is 0.419. The van der Waals surface area contributed by atoms with E-state index in [-0.39, 0.29) is 5.95 Å². The summed E-state index contributed by atoms with van der Waals surface area (Å²) in [5.41, 5.74) is 7.22. The van der Waals surface area contributed by atoms with Gasteiger partial charge in [0.2, 0.25) is 5.95 Å². The summed E-state index contributed by atoms with van der Waals surface area (Å²) in [4.78, 5) is 22.7. The molecule has 1 fully saturated rings. The topological polar surface area (TPSA) is 137 Å². The van der Waals surface area contributed by atoms with Gasteiger partial charge in [-0.3, -0.25) is 0 Å². The van der Waals surface area contributed by atoms with Crippen LogP contribution in [0.25, 0.3) is 11.2 Å². The van der Waals surface area contributed by atoms with Gasteiger partial charge in [-0.25, -0.2) is 4.98 Å². The van der Waals surface area contributed by atoms with Gasteiger partial charge in [0, 0.05) is 17.2 Å². The third kappa shape index (κ3) is 4.73. The first-order valence-corrected chi connectivity index (χ1v) is 18.2. The van der Waals surface area contributed by atoms with Crippen molar-refractivity contribution in [2.75, 3.05) is 17.7 Å². The van der Waals surface area contributed by atoms with E-state index in [0.717, 1.165) is 12.8 Å². The number of nitrogens with two attached hydrogens (primary N) is 1. The lowest BCUT2D eigenvalue weighted by Gasteiger charge is -2.46. The van der Waals surface area contributed by atoms with E-state index < -0.39 is 29.4 Å². The van der Waals surface area contributed by atoms with Crippen molar-refractivity contribution in [1.29, 1.82) is 0 Å². The zero-order chi connectivity index (χ0) is 22.3. The largest absolute Gasteiger partial charge is 0.697 e. The highest BCUT2D eigenvalue weighted by molar-refractivity contribution is 7.32. The second-order valence-electron chi connectivity index (χ2n) is 9.75. The average Bonchev–Trinajstić information content (AvgIpc) is 3.30. The van der Waals surface area contributed by atoms with E-state index >= 15 is 0 Å². The highest BCUT2D eigenvalue weighted by Gasteiger charge is 2.60. The van der Waals surface area contributed by atoms with Crippen LogP contribution >= 0.6 is 8.25 Å². The van der Waals surface area contributed by atoms with Gasteiger partial charge in [0.05, 0.1) is 12.9 Å². The van der Waals surface area contributed by atoms with Crippen LogP contribution in [-0.4, -0.2) is 58.2 Å². The number of anilines is 2. The van der Waals surface area contributed by atoms with Gasteiger partial charge in [0.15, 0.2) is 22.0 Å². The number of ether oxygens (including phenoxy) is 1. The highest BCUT2D eigenvalue weighted by Crippen LogP contribution is 2.42. The predicted molar refractivity (Wildman–Crippen MR) is 123 cm³/mol. The molecule has 0 aromatic carbocycles. The fraction of sp³-hybridized carbons (Fsp3) is 0.706. The van der Waals surface area contributed by atoms with E-state index in [2.05, 4.69) is 59.6 Å². The van der Waals surface area contributed by atoms with Crippen molar-refractivity contribution in [3.63, 3.8) is 0 Å². The molecule has 0 spiro atoms. The van der Waals surface area contributed by atoms with Gasteiger partial charge in [-0.15, -0.1) is 4.89 Å². The maximum absolute atomic E-state index is 11.7. The Hall–Kier alpha value is -1.44. The van der Waals surface area contributed by atoms with E-state index in [1.165, 1.54) is 0 Å². The summed E-state index contributed by atoms with van der Waals surface area (Å²) in [5, 5.41) is 2.34. The van der Waals surface area contributed by atoms with Crippen LogP contribution < -0.4 is 11.1 Å². The molecule has 0 saturated heterocycles. The Balaban J connectivity index is 1.83. The zero-order valence-corrected chi connectivity index (χ0v) is 21.4. The number of aromatic nitrogens is 4. The van der Waals surface area contributed by atoms with Crippen molar-refractivity contribution < 1.29 is 18.7 Å². The van der Waals surface area contributed by atoms with Gasteiger partial charge in [-0.1, -0.05) is 43.8 Å². The standard InChI is InChI=1S/C17H31N6O4PSi2/c1-29(2,3)17(27-28(24)25,30(4,5)6)26-10-9-23-11-19-13-14(20-12-7-8-12)21-16(18)22-15(13)23/h11-12H,7-10H2,1-6H3,(H3-,18,20,21,22,24,25)/p+1. The summed E-state index contributed by atoms with van der Waals surface area (Å²) < 4.78 is 25.5. The first-order chi connectivity index (χ1) is 13.8. The Kier molecular flexibility index (Phi) is 6.39. The summed E-state index contributed by atoms with van der Waals surface area (Å²) in [5.74, 6) is 0.839. The molecule has 2 aromatic rings. The van der Waals surface area contributed by atoms with E-state index in [9.17, 15) is 9.46 Å². The van der Waals surface area contributed by atoms with Crippen molar-refractivity contribution in [1.82, 2.24) is 19.5 Å². The fourth-order valence-corrected chi connectivity index (χ4v) is 16.9. The second-order valence-corrected chi connectivity index (χ2v) is 21.2. The summed E-state index contributed by atoms with van der Waals surface area (Å²) in [7, 11) is -7.08. The number of rotatable bonds is 10. The Labute approximate surface area is 179 Å². The highest BCUT2D eigenvalue weighted by atomic mass is 31.1. The molecule has 0 radical (unpaired) electrons. The number of fused-ring (bicyclic) bond motifs is 1. The average molecular weight is 472 g/mol. The summed E-state index contributed by atoms with van der Waals surface area (Å²) in [6.07, 6.45) is 3.92. The normalized spacial score (nSPS) is 16.2. The number of hydrogen-bond acceptors (Lipinski definition) is 8. The number of hydrogen-bond donors (Lipinski definition) is 3. The minimum atomic E-state index is -2.79. The molecule has 1 aliphatic carbocycles. The molecule has 0 bridgehead atoms. The number of nitrogens with one attached hydrogen (secondary N) is 1. The molecule has 3 rings (SSSR count). The zero-order valence-electron chi connectivity index (χ0n) is 18.5. The second kappa shape index (κ2) is 8.25. The van der Waals surface area contributed by atoms with Crippen molar-refractivity contribution in [2.24, 2.45) is 0 Å². The van der Waals surface area contributed by atoms with Gasteiger partial charge < -0.3 is 20.4 Å². The molecule has 0 aliphatic heterocycles. The Morgan fingerprint density at radius 1 is 1.27 bits per heavy atom. The Bertz CT molecular complexity index is 925. The van der Waals surface area contributed by atoms with Crippen molar-refractivity contribution in [3.8, 4) is 0 Å². The molecule has 1 atom stereocenters. The lowest BCUT2D eigenvalue weighted by atomic mass is 10.4. The van der Waals surface area contributed by atoms with E-state index in [1.807, 2.05) is 4.57 Å². The molecule has 4 N–H and O–H groups in total. The predicted octanol–water partition coefficient (Wildman–Crippen LogP) is 3.12. The lowest BCUT2D eigenvalue weighted by Crippen LogP contribution is -2.69. The first-order valence-electron chi connectivity index (χ1n) is 10.1. The molecule has 1 aliphatic rings. The third-order valence-electron chi connectivity index (χ3n) is 5.22. The van der Waals surface area contributed by atoms with Crippen LogP contribution in [-0.2, 0) is 20.4 Å². The molecule has 166 valence electrons. The quantitative estimate of drug-likeness (QED) is 0.271. The smallest absolute Gasteiger partial charge is 0.368 e. The van der Waals surface area contributed by atoms with Crippen LogP contribution in [0.3, 0.4) is 0 Å². The number of imidazole rings is 1. The van der Waals surface area contributed by atoms with Gasteiger partial charge in [-0.2, -0.15) is 9.97 Å². The van der Waals surface area contributed by atoms with Gasteiger partial charge in [0.25, 0.3) is 0 Å². The molecule has 1 saturated carbocycles. The van der Waals surface area contributed by atoms with Crippen LogP contribution in [0.15, 0.2) is 6.33 Å². The Morgan fingerprint density at radius 3 is 2.43 bits per heavy atom. The SMILES string of the molecule is C[Si](C)(C)C(OCCn1cnc2c(NC3CC3)nc(N)nc21)(O[P+](=O)O)[Si](C)(C)C. The number of nitrogens with zero attached hydrogens (tertiary/aromatic N) is 4. The summed E-state index contributed by atoms with van der Waals surface area (Å²) in [6.45, 7) is 13.3. The Morgan fingerprint density at radius 2 is 1.90 bits per heavy atom.